The number of aliphatic hydroxyl groups is 5. The molecule has 0 aromatic carbocycles. The third kappa shape index (κ3) is 6.77. The van der Waals surface area contributed by atoms with Gasteiger partial charge in [0.2, 0.25) is 5.95 Å². The molecule has 2 saturated heterocycles. The van der Waals surface area contributed by atoms with Gasteiger partial charge in [0.1, 0.15) is 42.7 Å². The highest BCUT2D eigenvalue weighted by atomic mass is 31.3. The largest absolute Gasteiger partial charge is 0.483 e. The van der Waals surface area contributed by atoms with Gasteiger partial charge in [-0.15, -0.1) is 0 Å². The first-order chi connectivity index (χ1) is 21.0. The number of hydrogen-bond acceptors (Lipinski definition) is 18. The monoisotopic (exact) mass is 684 g/mol. The Hall–Kier alpha value is -2.99. The van der Waals surface area contributed by atoms with Crippen molar-refractivity contribution in [2.75, 3.05) is 18.9 Å². The molecule has 0 spiro atoms. The zero-order valence-corrected chi connectivity index (χ0v) is 24.1. The number of imidazole rings is 1. The molecule has 0 saturated carbocycles. The van der Waals surface area contributed by atoms with Crippen LogP contribution in [0.4, 0.5) is 5.95 Å². The Labute approximate surface area is 249 Å². The number of imide groups is 1. The zero-order chi connectivity index (χ0) is 33.0. The number of nitrogen functional groups attached to an aromatic ring is 1. The number of aliphatic hydroxyl groups excluding tert-OH is 5. The number of nitrogens with two attached hydrogens (primary N) is 1. The fourth-order valence-corrected chi connectivity index (χ4v) is 6.80. The number of fused-ring (bicyclic) bond motifs is 1. The Kier molecular flexibility index (Phi) is 9.13. The number of anilines is 1. The lowest BCUT2D eigenvalue weighted by molar-refractivity contribution is -0.276. The van der Waals surface area contributed by atoms with Crippen LogP contribution in [-0.2, 0) is 41.6 Å². The molecule has 11 atom stereocenters. The van der Waals surface area contributed by atoms with Crippen LogP contribution in [0.1, 0.15) is 6.23 Å². The summed E-state index contributed by atoms with van der Waals surface area (Å²) in [5.41, 5.74) is 4.51. The van der Waals surface area contributed by atoms with E-state index < -0.39 is 101 Å². The number of H-pyrrole nitrogens is 1. The maximum Gasteiger partial charge on any atom is 0.483 e. The second-order valence-electron chi connectivity index (χ2n) is 9.88. The molecule has 5 rings (SSSR count). The van der Waals surface area contributed by atoms with Crippen molar-refractivity contribution >= 4 is 44.6 Å². The van der Waals surface area contributed by atoms with Gasteiger partial charge in [-0.25, -0.2) is 14.1 Å². The van der Waals surface area contributed by atoms with E-state index in [1.807, 2.05) is 0 Å². The standard InChI is InChI=1S/C20H26N6O17P2/c21-20-23-16-10(17(34)24-20)22-5-26(16)18-14(32)12(30)7(40-18)4-39-44(35,36)43-45(37,38)42-19-15(33)13(31)11(29)6(41-19)3-25-8(27)1-2-9(25)28/h1-2,5-7,11-15,18-19,29-33H,3-4H2,(H,35,36)(H,37,38)(H3,21,23,24,34). The third-order valence-electron chi connectivity index (χ3n) is 6.84. The molecule has 11 unspecified atom stereocenters. The Morgan fingerprint density at radius 2 is 1.56 bits per heavy atom. The highest BCUT2D eigenvalue weighted by molar-refractivity contribution is 7.61. The lowest BCUT2D eigenvalue weighted by Gasteiger charge is -2.41. The average molecular weight is 684 g/mol. The highest BCUT2D eigenvalue weighted by Gasteiger charge is 2.50. The number of phosphoric ester groups is 2. The van der Waals surface area contributed by atoms with Crippen molar-refractivity contribution in [2.45, 2.75) is 55.2 Å². The van der Waals surface area contributed by atoms with E-state index in [2.05, 4.69) is 28.3 Å². The van der Waals surface area contributed by atoms with E-state index in [1.54, 1.807) is 0 Å². The van der Waals surface area contributed by atoms with Crippen molar-refractivity contribution in [3.63, 3.8) is 0 Å². The van der Waals surface area contributed by atoms with Crippen LogP contribution < -0.4 is 11.3 Å². The molecule has 2 amide bonds. The molecule has 0 bridgehead atoms. The predicted molar refractivity (Wildman–Crippen MR) is 139 cm³/mol. The molecule has 2 aromatic rings. The van der Waals surface area contributed by atoms with Crippen molar-refractivity contribution in [1.82, 2.24) is 24.4 Å². The first-order valence-electron chi connectivity index (χ1n) is 12.6. The zero-order valence-electron chi connectivity index (χ0n) is 22.3. The van der Waals surface area contributed by atoms with Gasteiger partial charge in [0.05, 0.1) is 19.5 Å². The SMILES string of the molecule is Nc1nc2c(ncn2C2OC(COP(=O)(O)OP(=O)(O)OC3OC(CN4C(=O)C=CC4=O)C(O)C(O)C3O)C(O)C2O)c(=O)[nH]1. The summed E-state index contributed by atoms with van der Waals surface area (Å²) < 4.78 is 50.1. The predicted octanol–water partition coefficient (Wildman–Crippen LogP) is -4.70. The van der Waals surface area contributed by atoms with Gasteiger partial charge in [0.25, 0.3) is 17.4 Å². The molecule has 5 heterocycles. The van der Waals surface area contributed by atoms with E-state index in [1.165, 1.54) is 0 Å². The molecular weight excluding hydrogens is 658 g/mol. The molecule has 0 radical (unpaired) electrons. The van der Waals surface area contributed by atoms with Crippen molar-refractivity contribution in [3.05, 3.63) is 28.8 Å². The van der Waals surface area contributed by atoms with Crippen molar-refractivity contribution in [1.29, 1.82) is 0 Å². The number of amides is 2. The average Bonchev–Trinajstić information content (AvgIpc) is 3.59. The van der Waals surface area contributed by atoms with Gasteiger partial charge in [-0.2, -0.15) is 9.29 Å². The van der Waals surface area contributed by atoms with E-state index in [4.69, 9.17) is 15.2 Å². The molecule has 25 heteroatoms. The number of phosphoric acid groups is 2. The normalized spacial score (nSPS) is 34.8. The first-order valence-corrected chi connectivity index (χ1v) is 15.6. The summed E-state index contributed by atoms with van der Waals surface area (Å²) in [6, 6.07) is 0. The number of nitrogens with zero attached hydrogens (tertiary/aromatic N) is 4. The van der Waals surface area contributed by atoms with Gasteiger partial charge in [-0.1, -0.05) is 0 Å². The third-order valence-corrected chi connectivity index (χ3v) is 9.44. The van der Waals surface area contributed by atoms with Gasteiger partial charge in [0, 0.05) is 12.2 Å². The molecule has 3 aliphatic rings. The van der Waals surface area contributed by atoms with Crippen LogP contribution in [0.15, 0.2) is 23.3 Å². The number of ether oxygens (including phenoxy) is 2. The second-order valence-corrected chi connectivity index (χ2v) is 12.9. The Morgan fingerprint density at radius 3 is 2.22 bits per heavy atom. The minimum absolute atomic E-state index is 0.133. The van der Waals surface area contributed by atoms with Crippen LogP contribution in [0, 0.1) is 0 Å². The smallest absolute Gasteiger partial charge is 0.388 e. The van der Waals surface area contributed by atoms with Crippen LogP contribution in [0.5, 0.6) is 0 Å². The molecule has 45 heavy (non-hydrogen) atoms. The molecule has 2 aromatic heterocycles. The van der Waals surface area contributed by atoms with Crippen LogP contribution >= 0.6 is 15.6 Å². The Balaban J connectivity index is 1.21. The van der Waals surface area contributed by atoms with Crippen LogP contribution in [0.2, 0.25) is 0 Å². The molecule has 0 aliphatic carbocycles. The van der Waals surface area contributed by atoms with E-state index in [0.717, 1.165) is 23.0 Å². The maximum atomic E-state index is 12.5. The number of carbonyl (C=O) groups is 2. The van der Waals surface area contributed by atoms with E-state index in [9.17, 15) is 58.8 Å². The van der Waals surface area contributed by atoms with Crippen LogP contribution in [0.3, 0.4) is 0 Å². The molecule has 23 nitrogen and oxygen atoms in total. The minimum atomic E-state index is -5.72. The lowest BCUT2D eigenvalue weighted by atomic mass is 9.98. The summed E-state index contributed by atoms with van der Waals surface area (Å²) in [5, 5.41) is 51.4. The molecule has 3 aliphatic heterocycles. The topological polar surface area (TPSA) is 349 Å². The molecule has 248 valence electrons. The van der Waals surface area contributed by atoms with E-state index in [0.29, 0.717) is 4.90 Å². The number of nitrogens with one attached hydrogen (secondary N) is 1. The fourth-order valence-electron chi connectivity index (χ4n) is 4.64. The Bertz CT molecular complexity index is 1650. The Morgan fingerprint density at radius 1 is 0.911 bits per heavy atom. The summed E-state index contributed by atoms with van der Waals surface area (Å²) in [7, 11) is -11.3. The minimum Gasteiger partial charge on any atom is -0.388 e. The highest BCUT2D eigenvalue weighted by Crippen LogP contribution is 2.61. The number of carbonyl (C=O) groups excluding carboxylic acids is 2. The second kappa shape index (κ2) is 12.3. The van der Waals surface area contributed by atoms with Crippen LogP contribution in [-0.4, -0.2) is 134 Å². The lowest BCUT2D eigenvalue weighted by Crippen LogP contribution is -2.60. The summed E-state index contributed by atoms with van der Waals surface area (Å²) in [4.78, 5) is 66.4. The van der Waals surface area contributed by atoms with Crippen LogP contribution in [0.25, 0.3) is 11.2 Å². The fraction of sp³-hybridized carbons (Fsp3) is 0.550. The first kappa shape index (κ1) is 33.4. The van der Waals surface area contributed by atoms with Gasteiger partial charge in [0.15, 0.2) is 23.7 Å². The summed E-state index contributed by atoms with van der Waals surface area (Å²) in [6.45, 7) is -1.72. The van der Waals surface area contributed by atoms with Gasteiger partial charge in [-0.3, -0.25) is 37.9 Å². The summed E-state index contributed by atoms with van der Waals surface area (Å²) >= 11 is 0. The quantitative estimate of drug-likeness (QED) is 0.0838. The number of hydrogen-bond donors (Lipinski definition) is 9. The van der Waals surface area contributed by atoms with Gasteiger partial charge in [-0.05, 0) is 0 Å². The van der Waals surface area contributed by atoms with Crippen molar-refractivity contribution < 1.29 is 76.9 Å². The molecule has 10 N–H and O–H groups in total. The molecule has 2 fully saturated rings. The summed E-state index contributed by atoms with van der Waals surface area (Å²) in [5.74, 6) is -1.89. The van der Waals surface area contributed by atoms with E-state index >= 15 is 0 Å². The van der Waals surface area contributed by atoms with Gasteiger partial charge >= 0.3 is 15.6 Å². The number of rotatable bonds is 10. The molecular formula is C20H26N6O17P2. The van der Waals surface area contributed by atoms with E-state index in [-0.39, 0.29) is 17.1 Å². The van der Waals surface area contributed by atoms with Crippen molar-refractivity contribution in [2.24, 2.45) is 0 Å². The van der Waals surface area contributed by atoms with Gasteiger partial charge < -0.3 is 50.5 Å². The number of aromatic amines is 1. The van der Waals surface area contributed by atoms with Crippen molar-refractivity contribution in [3.8, 4) is 0 Å². The maximum absolute atomic E-state index is 12.5. The summed E-state index contributed by atoms with van der Waals surface area (Å²) in [6.07, 6.45) is -13.9. The number of aromatic nitrogens is 4.